The van der Waals surface area contributed by atoms with Crippen molar-refractivity contribution in [3.63, 3.8) is 0 Å². The molecule has 1 unspecified atom stereocenters. The van der Waals surface area contributed by atoms with Gasteiger partial charge in [-0.3, -0.25) is 9.78 Å². The van der Waals surface area contributed by atoms with Crippen LogP contribution in [0, 0.1) is 13.8 Å². The van der Waals surface area contributed by atoms with Gasteiger partial charge in [-0.05, 0) is 45.0 Å². The van der Waals surface area contributed by atoms with Crippen LogP contribution in [0.25, 0.3) is 11.3 Å². The first-order valence-electron chi connectivity index (χ1n) is 7.95. The van der Waals surface area contributed by atoms with E-state index in [0.29, 0.717) is 11.3 Å². The van der Waals surface area contributed by atoms with Crippen LogP contribution in [0.1, 0.15) is 40.5 Å². The van der Waals surface area contributed by atoms with Gasteiger partial charge < -0.3 is 9.73 Å². The third-order valence-electron chi connectivity index (χ3n) is 3.94. The molecule has 122 valence electrons. The topological polar surface area (TPSA) is 55.1 Å². The van der Waals surface area contributed by atoms with Crippen LogP contribution in [0.5, 0.6) is 0 Å². The summed E-state index contributed by atoms with van der Waals surface area (Å²) in [4.78, 5) is 17.1. The van der Waals surface area contributed by atoms with E-state index in [2.05, 4.69) is 10.3 Å². The van der Waals surface area contributed by atoms with Gasteiger partial charge in [0, 0.05) is 5.56 Å². The summed E-state index contributed by atoms with van der Waals surface area (Å²) in [5.74, 6) is 1.42. The predicted molar refractivity (Wildman–Crippen MR) is 93.7 cm³/mol. The fourth-order valence-electron chi connectivity index (χ4n) is 2.60. The predicted octanol–water partition coefficient (Wildman–Crippen LogP) is 4.45. The highest BCUT2D eigenvalue weighted by Gasteiger charge is 2.16. The van der Waals surface area contributed by atoms with Gasteiger partial charge in [0.05, 0.1) is 23.0 Å². The number of benzene rings is 1. The molecule has 4 heteroatoms. The van der Waals surface area contributed by atoms with Crippen LogP contribution >= 0.6 is 0 Å². The number of nitrogens with zero attached hydrogens (tertiary/aromatic N) is 1. The van der Waals surface area contributed by atoms with Crippen molar-refractivity contribution in [3.8, 4) is 11.3 Å². The zero-order chi connectivity index (χ0) is 17.1. The molecular formula is C20H20N2O2. The molecule has 0 saturated heterocycles. The van der Waals surface area contributed by atoms with E-state index in [-0.39, 0.29) is 11.9 Å². The maximum Gasteiger partial charge on any atom is 0.253 e. The smallest absolute Gasteiger partial charge is 0.253 e. The number of hydrogen-bond donors (Lipinski definition) is 1. The number of furan rings is 1. The molecule has 0 saturated carbocycles. The average Bonchev–Trinajstić information content (AvgIpc) is 3.02. The minimum absolute atomic E-state index is 0.152. The molecule has 2 heterocycles. The van der Waals surface area contributed by atoms with E-state index in [9.17, 15) is 4.79 Å². The molecule has 0 bridgehead atoms. The SMILES string of the molecule is Cc1ccc(C(C)NC(=O)c2ccc(-c3ccccc3)nc2C)o1. The fraction of sp³-hybridized carbons (Fsp3) is 0.200. The third kappa shape index (κ3) is 3.38. The molecule has 0 aliphatic heterocycles. The summed E-state index contributed by atoms with van der Waals surface area (Å²) in [5.41, 5.74) is 3.17. The number of carbonyl (C=O) groups excluding carboxylic acids is 1. The highest BCUT2D eigenvalue weighted by atomic mass is 16.3. The molecule has 0 fully saturated rings. The van der Waals surface area contributed by atoms with Crippen molar-refractivity contribution < 1.29 is 9.21 Å². The minimum atomic E-state index is -0.195. The van der Waals surface area contributed by atoms with Crippen molar-refractivity contribution >= 4 is 5.91 Å². The Labute approximate surface area is 141 Å². The second-order valence-electron chi connectivity index (χ2n) is 5.84. The van der Waals surface area contributed by atoms with Crippen LogP contribution in [-0.4, -0.2) is 10.9 Å². The number of rotatable bonds is 4. The van der Waals surface area contributed by atoms with Gasteiger partial charge in [-0.25, -0.2) is 0 Å². The Kier molecular flexibility index (Phi) is 4.47. The highest BCUT2D eigenvalue weighted by molar-refractivity contribution is 5.95. The molecule has 3 rings (SSSR count). The molecule has 0 radical (unpaired) electrons. The number of carbonyl (C=O) groups is 1. The first kappa shape index (κ1) is 16.0. The van der Waals surface area contributed by atoms with Crippen LogP contribution in [0.2, 0.25) is 0 Å². The van der Waals surface area contributed by atoms with Gasteiger partial charge in [0.25, 0.3) is 5.91 Å². The standard InChI is InChI=1S/C20H20N2O2/c1-13-9-12-19(24-13)15(3)22-20(23)17-10-11-18(21-14(17)2)16-7-5-4-6-8-16/h4-12,15H,1-3H3,(H,22,23). The molecule has 4 nitrogen and oxygen atoms in total. The summed E-state index contributed by atoms with van der Waals surface area (Å²) < 4.78 is 5.56. The van der Waals surface area contributed by atoms with E-state index in [0.717, 1.165) is 22.8 Å². The van der Waals surface area contributed by atoms with Gasteiger partial charge in [0.2, 0.25) is 0 Å². The Balaban J connectivity index is 1.78. The van der Waals surface area contributed by atoms with E-state index in [1.807, 2.05) is 75.4 Å². The fourth-order valence-corrected chi connectivity index (χ4v) is 2.60. The van der Waals surface area contributed by atoms with Crippen molar-refractivity contribution in [1.29, 1.82) is 0 Å². The lowest BCUT2D eigenvalue weighted by Crippen LogP contribution is -2.27. The van der Waals surface area contributed by atoms with Crippen LogP contribution < -0.4 is 5.32 Å². The van der Waals surface area contributed by atoms with Gasteiger partial charge in [-0.15, -0.1) is 0 Å². The molecule has 24 heavy (non-hydrogen) atoms. The number of hydrogen-bond acceptors (Lipinski definition) is 3. The van der Waals surface area contributed by atoms with E-state index < -0.39 is 0 Å². The van der Waals surface area contributed by atoms with Crippen LogP contribution in [0.15, 0.2) is 59.0 Å². The van der Waals surface area contributed by atoms with E-state index in [4.69, 9.17) is 4.42 Å². The first-order valence-corrected chi connectivity index (χ1v) is 7.95. The van der Waals surface area contributed by atoms with Crippen molar-refractivity contribution in [1.82, 2.24) is 10.3 Å². The number of pyridine rings is 1. The highest BCUT2D eigenvalue weighted by Crippen LogP contribution is 2.20. The summed E-state index contributed by atoms with van der Waals surface area (Å²) in [6, 6.07) is 17.2. The zero-order valence-electron chi connectivity index (χ0n) is 14.0. The number of nitrogens with one attached hydrogen (secondary N) is 1. The average molecular weight is 320 g/mol. The monoisotopic (exact) mass is 320 g/mol. The summed E-state index contributed by atoms with van der Waals surface area (Å²) in [5, 5.41) is 2.95. The Morgan fingerprint density at radius 3 is 2.42 bits per heavy atom. The Morgan fingerprint density at radius 2 is 1.79 bits per heavy atom. The van der Waals surface area contributed by atoms with E-state index in [1.165, 1.54) is 0 Å². The van der Waals surface area contributed by atoms with Crippen LogP contribution in [0.3, 0.4) is 0 Å². The Hall–Kier alpha value is -2.88. The lowest BCUT2D eigenvalue weighted by atomic mass is 10.1. The second kappa shape index (κ2) is 6.71. The van der Waals surface area contributed by atoms with Gasteiger partial charge in [-0.2, -0.15) is 0 Å². The number of amides is 1. The van der Waals surface area contributed by atoms with Gasteiger partial charge in [0.1, 0.15) is 11.5 Å². The Bertz CT molecular complexity index is 853. The molecule has 1 atom stereocenters. The lowest BCUT2D eigenvalue weighted by Gasteiger charge is -2.13. The minimum Gasteiger partial charge on any atom is -0.464 e. The second-order valence-corrected chi connectivity index (χ2v) is 5.84. The largest absolute Gasteiger partial charge is 0.464 e. The zero-order valence-corrected chi connectivity index (χ0v) is 14.0. The van der Waals surface area contributed by atoms with Gasteiger partial charge in [0.15, 0.2) is 0 Å². The molecular weight excluding hydrogens is 300 g/mol. The van der Waals surface area contributed by atoms with E-state index in [1.54, 1.807) is 0 Å². The molecule has 2 aromatic heterocycles. The lowest BCUT2D eigenvalue weighted by molar-refractivity contribution is 0.0934. The molecule has 1 amide bonds. The first-order chi connectivity index (χ1) is 11.5. The number of aromatic nitrogens is 1. The molecule has 0 aliphatic rings. The Morgan fingerprint density at radius 1 is 1.04 bits per heavy atom. The van der Waals surface area contributed by atoms with Crippen LogP contribution in [-0.2, 0) is 0 Å². The van der Waals surface area contributed by atoms with Crippen molar-refractivity contribution in [2.45, 2.75) is 26.8 Å². The summed E-state index contributed by atoms with van der Waals surface area (Å²) in [6.45, 7) is 5.63. The maximum atomic E-state index is 12.5. The maximum absolute atomic E-state index is 12.5. The normalized spacial score (nSPS) is 12.0. The number of aryl methyl sites for hydroxylation is 2. The summed E-state index contributed by atoms with van der Waals surface area (Å²) >= 11 is 0. The van der Waals surface area contributed by atoms with Gasteiger partial charge >= 0.3 is 0 Å². The van der Waals surface area contributed by atoms with Crippen molar-refractivity contribution in [2.75, 3.05) is 0 Å². The van der Waals surface area contributed by atoms with Crippen LogP contribution in [0.4, 0.5) is 0 Å². The summed E-state index contributed by atoms with van der Waals surface area (Å²) in [6.07, 6.45) is 0. The molecule has 0 aliphatic carbocycles. The third-order valence-corrected chi connectivity index (χ3v) is 3.94. The van der Waals surface area contributed by atoms with Gasteiger partial charge in [-0.1, -0.05) is 30.3 Å². The van der Waals surface area contributed by atoms with Crippen molar-refractivity contribution in [3.05, 3.63) is 77.4 Å². The molecule has 1 aromatic carbocycles. The quantitative estimate of drug-likeness (QED) is 0.772. The van der Waals surface area contributed by atoms with E-state index >= 15 is 0 Å². The summed E-state index contributed by atoms with van der Waals surface area (Å²) in [7, 11) is 0. The molecule has 1 N–H and O–H groups in total. The molecule has 3 aromatic rings. The molecule has 0 spiro atoms. The van der Waals surface area contributed by atoms with Crippen molar-refractivity contribution in [2.24, 2.45) is 0 Å².